The van der Waals surface area contributed by atoms with E-state index < -0.39 is 6.10 Å². The zero-order valence-corrected chi connectivity index (χ0v) is 10.2. The highest BCUT2D eigenvalue weighted by Gasteiger charge is 2.28. The van der Waals surface area contributed by atoms with Crippen LogP contribution in [-0.4, -0.2) is 67.8 Å². The number of aliphatic hydroxyl groups excluding tert-OH is 2. The summed E-state index contributed by atoms with van der Waals surface area (Å²) in [5.41, 5.74) is 0. The van der Waals surface area contributed by atoms with Crippen LogP contribution in [0.2, 0.25) is 0 Å². The Labute approximate surface area is 92.5 Å². The van der Waals surface area contributed by atoms with Gasteiger partial charge in [0.1, 0.15) is 12.6 Å². The molecule has 1 saturated heterocycles. The number of likely N-dealkylation sites (N-methyl/N-ethyl adjacent to an activating group) is 1. The van der Waals surface area contributed by atoms with E-state index in [9.17, 15) is 0 Å². The van der Waals surface area contributed by atoms with E-state index in [1.807, 2.05) is 0 Å². The van der Waals surface area contributed by atoms with Crippen molar-refractivity contribution in [2.24, 2.45) is 0 Å². The lowest BCUT2D eigenvalue weighted by atomic mass is 10.4. The molecule has 2 unspecified atom stereocenters. The number of halogens is 1. The summed E-state index contributed by atoms with van der Waals surface area (Å²) >= 11 is 0. The van der Waals surface area contributed by atoms with Gasteiger partial charge in [-0.05, 0) is 6.92 Å². The molecule has 2 atom stereocenters. The van der Waals surface area contributed by atoms with Crippen LogP contribution in [-0.2, 0) is 4.74 Å². The molecule has 0 bridgehead atoms. The quantitative estimate of drug-likeness (QED) is 0.388. The molecule has 0 aromatic carbocycles. The summed E-state index contributed by atoms with van der Waals surface area (Å²) in [6, 6.07) is 0. The Morgan fingerprint density at radius 3 is 1.86 bits per heavy atom. The summed E-state index contributed by atoms with van der Waals surface area (Å²) in [6.07, 6.45) is 0.00463. The first-order chi connectivity index (χ1) is 5.85. The van der Waals surface area contributed by atoms with Gasteiger partial charge in [0.15, 0.2) is 0 Å². The number of epoxide rings is 1. The summed E-state index contributed by atoms with van der Waals surface area (Å²) in [6.45, 7) is 3.52. The Bertz CT molecular complexity index is 133. The molecule has 0 spiro atoms. The first-order valence-electron chi connectivity index (χ1n) is 4.56. The molecule has 88 valence electrons. The van der Waals surface area contributed by atoms with E-state index >= 15 is 0 Å². The summed E-state index contributed by atoms with van der Waals surface area (Å²) < 4.78 is 6.09. The van der Waals surface area contributed by atoms with Crippen LogP contribution in [0.3, 0.4) is 0 Å². The lowest BCUT2D eigenvalue weighted by Gasteiger charge is -2.22. The van der Waals surface area contributed by atoms with Gasteiger partial charge >= 0.3 is 0 Å². The second-order valence-electron chi connectivity index (χ2n) is 4.46. The van der Waals surface area contributed by atoms with E-state index in [-0.39, 0.29) is 19.0 Å². The van der Waals surface area contributed by atoms with E-state index in [1.54, 1.807) is 0 Å². The van der Waals surface area contributed by atoms with E-state index in [2.05, 4.69) is 21.1 Å². The third kappa shape index (κ3) is 14.6. The molecule has 4 nitrogen and oxygen atoms in total. The van der Waals surface area contributed by atoms with E-state index in [0.29, 0.717) is 6.10 Å². The number of quaternary nitrogens is 1. The van der Waals surface area contributed by atoms with Gasteiger partial charge in [-0.2, -0.15) is 0 Å². The molecule has 1 fully saturated rings. The van der Waals surface area contributed by atoms with Gasteiger partial charge < -0.3 is 31.8 Å². The zero-order valence-electron chi connectivity index (χ0n) is 9.40. The fraction of sp³-hybridized carbons (Fsp3) is 1.00. The second kappa shape index (κ2) is 7.43. The van der Waals surface area contributed by atoms with Crippen LogP contribution in [0.5, 0.6) is 0 Å². The highest BCUT2D eigenvalue weighted by atomic mass is 35.5. The van der Waals surface area contributed by atoms with Gasteiger partial charge in [-0.3, -0.25) is 0 Å². The molecule has 2 N–H and O–H groups in total. The van der Waals surface area contributed by atoms with Crippen LogP contribution in [0.15, 0.2) is 0 Å². The van der Waals surface area contributed by atoms with Gasteiger partial charge in [0.05, 0.1) is 40.5 Å². The van der Waals surface area contributed by atoms with Gasteiger partial charge in [-0.25, -0.2) is 0 Å². The third-order valence-corrected chi connectivity index (χ3v) is 1.42. The fourth-order valence-corrected chi connectivity index (χ4v) is 0.784. The fourth-order valence-electron chi connectivity index (χ4n) is 0.784. The Morgan fingerprint density at radius 1 is 1.43 bits per heavy atom. The largest absolute Gasteiger partial charge is 1.00 e. The Hall–Kier alpha value is 0.130. The minimum absolute atomic E-state index is 0. The minimum Gasteiger partial charge on any atom is -1.00 e. The van der Waals surface area contributed by atoms with Crippen LogP contribution < -0.4 is 12.4 Å². The molecular formula is C9H22ClNO3. The molecule has 14 heavy (non-hydrogen) atoms. The van der Waals surface area contributed by atoms with Gasteiger partial charge in [-0.15, -0.1) is 0 Å². The minimum atomic E-state index is -0.560. The molecular weight excluding hydrogens is 206 g/mol. The molecule has 0 aromatic heterocycles. The van der Waals surface area contributed by atoms with Gasteiger partial charge in [0.25, 0.3) is 0 Å². The predicted octanol–water partition coefficient (Wildman–Crippen LogP) is -3.55. The van der Waals surface area contributed by atoms with Crippen molar-refractivity contribution in [3.05, 3.63) is 0 Å². The molecule has 0 aliphatic carbocycles. The van der Waals surface area contributed by atoms with Crippen LogP contribution in [0.4, 0.5) is 0 Å². The first-order valence-corrected chi connectivity index (χ1v) is 4.56. The molecule has 1 rings (SSSR count). The Morgan fingerprint density at radius 2 is 1.79 bits per heavy atom. The Balaban J connectivity index is 0. The van der Waals surface area contributed by atoms with Crippen LogP contribution >= 0.6 is 0 Å². The SMILES string of the molecule is CC(O)CO.C[N+](C)(C)CC1CO1.[Cl-]. The standard InChI is InChI=1S/C6H14NO.C3H8O2.ClH/c1-7(2,3)4-6-5-8-6;1-3(5)2-4;/h6H,4-5H2,1-3H3;3-5H,2H2,1H3;1H/q+1;;/p-1. The van der Waals surface area contributed by atoms with E-state index in [0.717, 1.165) is 17.6 Å². The predicted molar refractivity (Wildman–Crippen MR) is 51.4 cm³/mol. The summed E-state index contributed by atoms with van der Waals surface area (Å²) in [4.78, 5) is 0. The molecule has 0 saturated carbocycles. The maximum Gasteiger partial charge on any atom is 0.130 e. The third-order valence-electron chi connectivity index (χ3n) is 1.42. The average Bonchev–Trinajstić information content (AvgIpc) is 2.69. The highest BCUT2D eigenvalue weighted by molar-refractivity contribution is 4.66. The van der Waals surface area contributed by atoms with Crippen molar-refractivity contribution in [2.45, 2.75) is 19.1 Å². The normalized spacial score (nSPS) is 21.4. The maximum atomic E-state index is 8.11. The number of nitrogens with zero attached hydrogens (tertiary/aromatic N) is 1. The smallest absolute Gasteiger partial charge is 0.130 e. The number of aliphatic hydroxyl groups is 2. The van der Waals surface area contributed by atoms with Crippen molar-refractivity contribution in [3.63, 3.8) is 0 Å². The van der Waals surface area contributed by atoms with Crippen LogP contribution in [0.1, 0.15) is 6.92 Å². The van der Waals surface area contributed by atoms with Crippen molar-refractivity contribution in [1.82, 2.24) is 0 Å². The van der Waals surface area contributed by atoms with Crippen molar-refractivity contribution < 1.29 is 31.8 Å². The van der Waals surface area contributed by atoms with Crippen LogP contribution in [0.25, 0.3) is 0 Å². The van der Waals surface area contributed by atoms with Gasteiger partial charge in [-0.1, -0.05) is 0 Å². The molecule has 1 aliphatic heterocycles. The summed E-state index contributed by atoms with van der Waals surface area (Å²) in [5, 5.41) is 16.0. The van der Waals surface area contributed by atoms with Crippen molar-refractivity contribution in [1.29, 1.82) is 0 Å². The topological polar surface area (TPSA) is 53.0 Å². The van der Waals surface area contributed by atoms with Gasteiger partial charge in [0.2, 0.25) is 0 Å². The van der Waals surface area contributed by atoms with Crippen LogP contribution in [0, 0.1) is 0 Å². The second-order valence-corrected chi connectivity index (χ2v) is 4.46. The zero-order chi connectivity index (χ0) is 10.5. The molecule has 0 aromatic rings. The Kier molecular flexibility index (Phi) is 8.78. The van der Waals surface area contributed by atoms with Crippen molar-refractivity contribution in [2.75, 3.05) is 40.9 Å². The van der Waals surface area contributed by atoms with Crippen molar-refractivity contribution in [3.8, 4) is 0 Å². The number of ether oxygens (including phenoxy) is 1. The number of rotatable bonds is 3. The summed E-state index contributed by atoms with van der Waals surface area (Å²) in [7, 11) is 6.55. The highest BCUT2D eigenvalue weighted by Crippen LogP contribution is 2.11. The average molecular weight is 228 g/mol. The lowest BCUT2D eigenvalue weighted by Crippen LogP contribution is -3.00. The summed E-state index contributed by atoms with van der Waals surface area (Å²) in [5.74, 6) is 0. The maximum absolute atomic E-state index is 8.11. The molecule has 0 radical (unpaired) electrons. The molecule has 1 aliphatic rings. The molecule has 5 heteroatoms. The van der Waals surface area contributed by atoms with E-state index in [1.165, 1.54) is 6.92 Å². The number of hydrogen-bond acceptors (Lipinski definition) is 3. The molecule has 1 heterocycles. The molecule has 0 amide bonds. The number of hydrogen-bond donors (Lipinski definition) is 2. The van der Waals surface area contributed by atoms with Gasteiger partial charge in [0, 0.05) is 0 Å². The van der Waals surface area contributed by atoms with E-state index in [4.69, 9.17) is 14.9 Å². The van der Waals surface area contributed by atoms with Crippen molar-refractivity contribution >= 4 is 0 Å². The lowest BCUT2D eigenvalue weighted by molar-refractivity contribution is -0.870. The first kappa shape index (κ1) is 16.6. The monoisotopic (exact) mass is 227 g/mol.